The Kier molecular flexibility index (Phi) is 3.22. The van der Waals surface area contributed by atoms with E-state index in [4.69, 9.17) is 5.11 Å². The molecule has 0 atom stereocenters. The van der Waals surface area contributed by atoms with Crippen molar-refractivity contribution in [2.75, 3.05) is 23.4 Å². The molecule has 2 N–H and O–H groups in total. The van der Waals surface area contributed by atoms with E-state index in [1.165, 1.54) is 11.5 Å². The number of benzene rings is 1. The van der Waals surface area contributed by atoms with Crippen LogP contribution >= 0.6 is 11.8 Å². The largest absolute Gasteiger partial charge is 0.392 e. The van der Waals surface area contributed by atoms with Gasteiger partial charge in [-0.05, 0) is 17.7 Å². The van der Waals surface area contributed by atoms with Gasteiger partial charge in [0.2, 0.25) is 0 Å². The molecule has 1 saturated heterocycles. The Labute approximate surface area is 95.1 Å². The van der Waals surface area contributed by atoms with Gasteiger partial charge in [0, 0.05) is 29.2 Å². The second-order valence-corrected chi connectivity index (χ2v) is 5.50. The SMILES string of the molecule is CC1(CNc2cccc(CO)c2)CSC1. The zero-order valence-corrected chi connectivity index (χ0v) is 9.81. The molecule has 15 heavy (non-hydrogen) atoms. The summed E-state index contributed by atoms with van der Waals surface area (Å²) in [5.41, 5.74) is 2.53. The molecule has 0 bridgehead atoms. The molecular weight excluding hydrogens is 206 g/mol. The van der Waals surface area contributed by atoms with E-state index in [1.54, 1.807) is 0 Å². The summed E-state index contributed by atoms with van der Waals surface area (Å²) in [7, 11) is 0. The van der Waals surface area contributed by atoms with Crippen LogP contribution in [0, 0.1) is 5.41 Å². The molecular formula is C12H17NOS. The fourth-order valence-electron chi connectivity index (χ4n) is 1.65. The Balaban J connectivity index is 1.92. The van der Waals surface area contributed by atoms with Crippen molar-refractivity contribution in [3.05, 3.63) is 29.8 Å². The van der Waals surface area contributed by atoms with E-state index in [9.17, 15) is 0 Å². The van der Waals surface area contributed by atoms with Gasteiger partial charge in [-0.1, -0.05) is 19.1 Å². The van der Waals surface area contributed by atoms with Gasteiger partial charge < -0.3 is 10.4 Å². The van der Waals surface area contributed by atoms with Crippen molar-refractivity contribution in [2.45, 2.75) is 13.5 Å². The minimum absolute atomic E-state index is 0.114. The molecule has 1 aromatic rings. The van der Waals surface area contributed by atoms with Crippen molar-refractivity contribution < 1.29 is 5.11 Å². The highest BCUT2D eigenvalue weighted by atomic mass is 32.2. The van der Waals surface area contributed by atoms with Crippen LogP contribution in [0.1, 0.15) is 12.5 Å². The summed E-state index contributed by atoms with van der Waals surface area (Å²) in [6, 6.07) is 7.97. The van der Waals surface area contributed by atoms with Crippen molar-refractivity contribution in [3.63, 3.8) is 0 Å². The number of hydrogen-bond donors (Lipinski definition) is 2. The second kappa shape index (κ2) is 4.45. The maximum Gasteiger partial charge on any atom is 0.0682 e. The monoisotopic (exact) mass is 223 g/mol. The minimum Gasteiger partial charge on any atom is -0.392 e. The molecule has 0 aromatic heterocycles. The smallest absolute Gasteiger partial charge is 0.0682 e. The molecule has 3 heteroatoms. The maximum absolute atomic E-state index is 9.02. The predicted octanol–water partition coefficient (Wildman–Crippen LogP) is 2.34. The van der Waals surface area contributed by atoms with E-state index < -0.39 is 0 Å². The first kappa shape index (κ1) is 10.8. The molecule has 0 aliphatic carbocycles. The van der Waals surface area contributed by atoms with Crippen molar-refractivity contribution in [1.82, 2.24) is 0 Å². The van der Waals surface area contributed by atoms with Crippen LogP contribution in [-0.2, 0) is 6.61 Å². The second-order valence-electron chi connectivity index (χ2n) is 4.52. The highest BCUT2D eigenvalue weighted by molar-refractivity contribution is 8.00. The quantitative estimate of drug-likeness (QED) is 0.822. The minimum atomic E-state index is 0.114. The van der Waals surface area contributed by atoms with Gasteiger partial charge in [-0.3, -0.25) is 0 Å². The number of thioether (sulfide) groups is 1. The van der Waals surface area contributed by atoms with Crippen molar-refractivity contribution >= 4 is 17.4 Å². The summed E-state index contributed by atoms with van der Waals surface area (Å²) in [6.45, 7) is 3.45. The van der Waals surface area contributed by atoms with Crippen LogP contribution in [0.4, 0.5) is 5.69 Å². The van der Waals surface area contributed by atoms with Crippen LogP contribution in [0.3, 0.4) is 0 Å². The number of anilines is 1. The van der Waals surface area contributed by atoms with E-state index >= 15 is 0 Å². The highest BCUT2D eigenvalue weighted by Crippen LogP contribution is 2.37. The topological polar surface area (TPSA) is 32.3 Å². The zero-order chi connectivity index (χ0) is 10.7. The number of nitrogens with one attached hydrogen (secondary N) is 1. The molecule has 1 heterocycles. The van der Waals surface area contributed by atoms with E-state index in [2.05, 4.69) is 12.2 Å². The lowest BCUT2D eigenvalue weighted by atomic mass is 9.95. The molecule has 2 rings (SSSR count). The van der Waals surface area contributed by atoms with Gasteiger partial charge in [0.05, 0.1) is 6.61 Å². The summed E-state index contributed by atoms with van der Waals surface area (Å²) in [5.74, 6) is 2.50. The fourth-order valence-corrected chi connectivity index (χ4v) is 2.75. The molecule has 1 aliphatic rings. The van der Waals surface area contributed by atoms with Crippen LogP contribution in [-0.4, -0.2) is 23.2 Å². The highest BCUT2D eigenvalue weighted by Gasteiger charge is 2.32. The first-order valence-corrected chi connectivity index (χ1v) is 6.39. The van der Waals surface area contributed by atoms with Crippen LogP contribution in [0.25, 0.3) is 0 Å². The number of hydrogen-bond acceptors (Lipinski definition) is 3. The van der Waals surface area contributed by atoms with Crippen LogP contribution < -0.4 is 5.32 Å². The third kappa shape index (κ3) is 2.67. The van der Waals surface area contributed by atoms with E-state index in [0.29, 0.717) is 5.41 Å². The van der Waals surface area contributed by atoms with Gasteiger partial charge in [0.25, 0.3) is 0 Å². The third-order valence-electron chi connectivity index (χ3n) is 2.73. The Morgan fingerprint density at radius 3 is 2.87 bits per heavy atom. The molecule has 0 unspecified atom stereocenters. The lowest BCUT2D eigenvalue weighted by Gasteiger charge is -2.38. The Morgan fingerprint density at radius 1 is 1.47 bits per heavy atom. The van der Waals surface area contributed by atoms with Gasteiger partial charge >= 0.3 is 0 Å². The molecule has 82 valence electrons. The molecule has 1 fully saturated rings. The Hall–Kier alpha value is -0.670. The maximum atomic E-state index is 9.02. The average molecular weight is 223 g/mol. The van der Waals surface area contributed by atoms with E-state index in [0.717, 1.165) is 17.8 Å². The molecule has 2 nitrogen and oxygen atoms in total. The summed E-state index contributed by atoms with van der Waals surface area (Å²) in [5, 5.41) is 12.5. The lowest BCUT2D eigenvalue weighted by Crippen LogP contribution is -2.38. The molecule has 0 radical (unpaired) electrons. The number of rotatable bonds is 4. The molecule has 1 aromatic carbocycles. The number of aliphatic hydroxyl groups excluding tert-OH is 1. The van der Waals surface area contributed by atoms with E-state index in [-0.39, 0.29) is 6.61 Å². The van der Waals surface area contributed by atoms with Crippen LogP contribution in [0.2, 0.25) is 0 Å². The average Bonchev–Trinajstić information content (AvgIpc) is 2.24. The summed E-state index contributed by atoms with van der Waals surface area (Å²) >= 11 is 2.01. The molecule has 0 saturated carbocycles. The van der Waals surface area contributed by atoms with Gasteiger partial charge in [-0.25, -0.2) is 0 Å². The summed E-state index contributed by atoms with van der Waals surface area (Å²) < 4.78 is 0. The van der Waals surface area contributed by atoms with Gasteiger partial charge in [0.15, 0.2) is 0 Å². The van der Waals surface area contributed by atoms with Gasteiger partial charge in [0.1, 0.15) is 0 Å². The van der Waals surface area contributed by atoms with Crippen molar-refractivity contribution in [2.24, 2.45) is 5.41 Å². The molecule has 1 aliphatic heterocycles. The zero-order valence-electron chi connectivity index (χ0n) is 8.99. The summed E-state index contributed by atoms with van der Waals surface area (Å²) in [6.07, 6.45) is 0. The lowest BCUT2D eigenvalue weighted by molar-refractivity contribution is 0.282. The van der Waals surface area contributed by atoms with Crippen LogP contribution in [0.5, 0.6) is 0 Å². The first-order chi connectivity index (χ1) is 7.22. The van der Waals surface area contributed by atoms with Gasteiger partial charge in [-0.15, -0.1) is 0 Å². The first-order valence-electron chi connectivity index (χ1n) is 5.23. The Morgan fingerprint density at radius 2 is 2.27 bits per heavy atom. The predicted molar refractivity (Wildman–Crippen MR) is 66.3 cm³/mol. The third-order valence-corrected chi connectivity index (χ3v) is 4.53. The normalized spacial score (nSPS) is 18.3. The standard InChI is InChI=1S/C12H17NOS/c1-12(8-15-9-12)7-13-11-4-2-3-10(5-11)6-14/h2-5,13-14H,6-9H2,1H3. The molecule has 0 amide bonds. The van der Waals surface area contributed by atoms with E-state index in [1.807, 2.05) is 36.0 Å². The molecule has 0 spiro atoms. The van der Waals surface area contributed by atoms with Crippen molar-refractivity contribution in [1.29, 1.82) is 0 Å². The fraction of sp³-hybridized carbons (Fsp3) is 0.500. The number of aliphatic hydroxyl groups is 1. The van der Waals surface area contributed by atoms with Crippen molar-refractivity contribution in [3.8, 4) is 0 Å². The Bertz CT molecular complexity index is 336. The van der Waals surface area contributed by atoms with Crippen LogP contribution in [0.15, 0.2) is 24.3 Å². The summed E-state index contributed by atoms with van der Waals surface area (Å²) in [4.78, 5) is 0. The van der Waals surface area contributed by atoms with Gasteiger partial charge in [-0.2, -0.15) is 11.8 Å².